The molecule has 2 aliphatic rings. The van der Waals surface area contributed by atoms with E-state index in [-0.39, 0.29) is 12.6 Å². The Labute approximate surface area is 163 Å². The fourth-order valence-corrected chi connectivity index (χ4v) is 4.29. The molecule has 1 saturated heterocycles. The maximum atomic E-state index is 12.8. The Morgan fingerprint density at radius 3 is 2.74 bits per heavy atom. The molecule has 2 N–H and O–H groups in total. The van der Waals surface area contributed by atoms with Crippen molar-refractivity contribution in [3.63, 3.8) is 0 Å². The average Bonchev–Trinajstić information content (AvgIpc) is 2.68. The molecule has 27 heavy (non-hydrogen) atoms. The number of carbonyl (C=O) groups is 2. The van der Waals surface area contributed by atoms with Gasteiger partial charge in [0.2, 0.25) is 0 Å². The second-order valence-electron chi connectivity index (χ2n) is 6.27. The number of rotatable bonds is 6. The predicted molar refractivity (Wildman–Crippen MR) is 105 cm³/mol. The molecule has 1 atom stereocenters. The van der Waals surface area contributed by atoms with Crippen molar-refractivity contribution >= 4 is 23.8 Å². The number of urea groups is 1. The van der Waals surface area contributed by atoms with E-state index in [4.69, 9.17) is 9.47 Å². The monoisotopic (exact) mass is 391 g/mol. The Bertz CT molecular complexity index is 731. The lowest BCUT2D eigenvalue weighted by Crippen LogP contribution is -2.49. The van der Waals surface area contributed by atoms with Gasteiger partial charge in [-0.2, -0.15) is 11.8 Å². The highest BCUT2D eigenvalue weighted by atomic mass is 32.2. The van der Waals surface area contributed by atoms with Crippen LogP contribution in [0.2, 0.25) is 0 Å². The fraction of sp³-hybridized carbons (Fsp3) is 0.474. The first kappa shape index (κ1) is 19.6. The number of nitrogens with one attached hydrogen (secondary N) is 2. The standard InChI is InChI=1S/C19H25N3O4S/c1-3-26-18(23)16-14(12-22-8-10-27-11-9-22)20-19(24)21-17(16)13-6-4-5-7-15(13)25-2/h4-7,17H,3,8-12H2,1-2H3,(H2,20,21,24)/t17-/m1/s1. The highest BCUT2D eigenvalue weighted by Gasteiger charge is 2.35. The summed E-state index contributed by atoms with van der Waals surface area (Å²) in [6.45, 7) is 4.39. The fourth-order valence-electron chi connectivity index (χ4n) is 3.31. The lowest BCUT2D eigenvalue weighted by Gasteiger charge is -2.33. The minimum absolute atomic E-state index is 0.266. The molecule has 3 rings (SSSR count). The molecule has 2 aliphatic heterocycles. The number of hydrogen-bond acceptors (Lipinski definition) is 6. The zero-order valence-electron chi connectivity index (χ0n) is 15.6. The third kappa shape index (κ3) is 4.56. The van der Waals surface area contributed by atoms with Crippen molar-refractivity contribution in [2.24, 2.45) is 0 Å². The Balaban J connectivity index is 2.02. The molecule has 7 nitrogen and oxygen atoms in total. The molecule has 0 aromatic heterocycles. The quantitative estimate of drug-likeness (QED) is 0.722. The summed E-state index contributed by atoms with van der Waals surface area (Å²) in [5, 5.41) is 5.68. The highest BCUT2D eigenvalue weighted by molar-refractivity contribution is 7.99. The van der Waals surface area contributed by atoms with Gasteiger partial charge in [-0.15, -0.1) is 0 Å². The van der Waals surface area contributed by atoms with Gasteiger partial charge in [-0.25, -0.2) is 9.59 Å². The zero-order chi connectivity index (χ0) is 19.2. The van der Waals surface area contributed by atoms with Gasteiger partial charge in [0, 0.05) is 42.4 Å². The predicted octanol–water partition coefficient (Wildman–Crippen LogP) is 1.92. The summed E-state index contributed by atoms with van der Waals surface area (Å²) < 4.78 is 10.8. The van der Waals surface area contributed by atoms with E-state index >= 15 is 0 Å². The van der Waals surface area contributed by atoms with Gasteiger partial charge in [-0.05, 0) is 13.0 Å². The van der Waals surface area contributed by atoms with Crippen molar-refractivity contribution < 1.29 is 19.1 Å². The minimum atomic E-state index is -0.622. The van der Waals surface area contributed by atoms with Gasteiger partial charge >= 0.3 is 12.0 Å². The number of esters is 1. The molecular weight excluding hydrogens is 366 g/mol. The molecule has 1 fully saturated rings. The summed E-state index contributed by atoms with van der Waals surface area (Å²) in [5.74, 6) is 2.27. The van der Waals surface area contributed by atoms with E-state index in [2.05, 4.69) is 15.5 Å². The van der Waals surface area contributed by atoms with E-state index in [1.807, 2.05) is 36.0 Å². The number of methoxy groups -OCH3 is 1. The molecule has 1 aromatic carbocycles. The summed E-state index contributed by atoms with van der Waals surface area (Å²) in [7, 11) is 1.57. The summed E-state index contributed by atoms with van der Waals surface area (Å²) in [5.41, 5.74) is 1.75. The van der Waals surface area contributed by atoms with E-state index < -0.39 is 12.0 Å². The van der Waals surface area contributed by atoms with E-state index in [1.165, 1.54) is 0 Å². The molecule has 8 heteroatoms. The van der Waals surface area contributed by atoms with Crippen LogP contribution in [0.4, 0.5) is 4.79 Å². The summed E-state index contributed by atoms with van der Waals surface area (Å²) in [6.07, 6.45) is 0. The number of carbonyl (C=O) groups excluding carboxylic acids is 2. The minimum Gasteiger partial charge on any atom is -0.496 e. The number of benzene rings is 1. The first-order valence-corrected chi connectivity index (χ1v) is 10.2. The van der Waals surface area contributed by atoms with Gasteiger partial charge in [0.15, 0.2) is 0 Å². The maximum Gasteiger partial charge on any atom is 0.338 e. The molecule has 0 unspecified atom stereocenters. The van der Waals surface area contributed by atoms with Crippen molar-refractivity contribution in [2.45, 2.75) is 13.0 Å². The van der Waals surface area contributed by atoms with Crippen molar-refractivity contribution in [1.29, 1.82) is 0 Å². The number of hydrogen-bond donors (Lipinski definition) is 2. The number of thioether (sulfide) groups is 1. The smallest absolute Gasteiger partial charge is 0.338 e. The SMILES string of the molecule is CCOC(=O)C1=C(CN2CCSCC2)NC(=O)N[C@@H]1c1ccccc1OC. The second-order valence-corrected chi connectivity index (χ2v) is 7.50. The largest absolute Gasteiger partial charge is 0.496 e. The Morgan fingerprint density at radius 1 is 1.30 bits per heavy atom. The molecule has 2 amide bonds. The van der Waals surface area contributed by atoms with Crippen LogP contribution in [-0.4, -0.2) is 61.8 Å². The van der Waals surface area contributed by atoms with Crippen LogP contribution in [0.5, 0.6) is 5.75 Å². The molecule has 0 bridgehead atoms. The third-order valence-corrected chi connectivity index (χ3v) is 5.53. The number of ether oxygens (including phenoxy) is 2. The molecule has 1 aromatic rings. The van der Waals surface area contributed by atoms with Crippen molar-refractivity contribution in [3.05, 3.63) is 41.1 Å². The van der Waals surface area contributed by atoms with Gasteiger partial charge in [0.05, 0.1) is 25.3 Å². The highest BCUT2D eigenvalue weighted by Crippen LogP contribution is 2.33. The van der Waals surface area contributed by atoms with E-state index in [0.29, 0.717) is 23.6 Å². The van der Waals surface area contributed by atoms with Gasteiger partial charge in [-0.1, -0.05) is 18.2 Å². The topological polar surface area (TPSA) is 79.9 Å². The van der Waals surface area contributed by atoms with Crippen LogP contribution in [0.25, 0.3) is 0 Å². The molecule has 0 saturated carbocycles. The average molecular weight is 391 g/mol. The van der Waals surface area contributed by atoms with Crippen molar-refractivity contribution in [3.8, 4) is 5.75 Å². The summed E-state index contributed by atoms with van der Waals surface area (Å²) >= 11 is 1.91. The number of para-hydroxylation sites is 1. The molecular formula is C19H25N3O4S. The van der Waals surface area contributed by atoms with Gasteiger partial charge in [-0.3, -0.25) is 4.90 Å². The second kappa shape index (κ2) is 9.14. The Morgan fingerprint density at radius 2 is 2.04 bits per heavy atom. The Hall–Kier alpha value is -2.19. The Kier molecular flexibility index (Phi) is 6.63. The lowest BCUT2D eigenvalue weighted by atomic mass is 9.94. The number of nitrogens with zero attached hydrogens (tertiary/aromatic N) is 1. The summed E-state index contributed by atoms with van der Waals surface area (Å²) in [4.78, 5) is 27.4. The van der Waals surface area contributed by atoms with E-state index in [9.17, 15) is 9.59 Å². The third-order valence-electron chi connectivity index (χ3n) is 4.58. The van der Waals surface area contributed by atoms with Crippen LogP contribution in [0, 0.1) is 0 Å². The van der Waals surface area contributed by atoms with Crippen LogP contribution in [0.3, 0.4) is 0 Å². The van der Waals surface area contributed by atoms with Gasteiger partial charge in [0.1, 0.15) is 5.75 Å². The van der Waals surface area contributed by atoms with Crippen LogP contribution in [0.15, 0.2) is 35.5 Å². The van der Waals surface area contributed by atoms with Gasteiger partial charge < -0.3 is 20.1 Å². The lowest BCUT2D eigenvalue weighted by molar-refractivity contribution is -0.139. The normalized spacial score (nSPS) is 20.7. The van der Waals surface area contributed by atoms with Gasteiger partial charge in [0.25, 0.3) is 0 Å². The first-order valence-electron chi connectivity index (χ1n) is 9.04. The van der Waals surface area contributed by atoms with Crippen LogP contribution >= 0.6 is 11.8 Å². The summed E-state index contributed by atoms with van der Waals surface area (Å²) in [6, 6.07) is 6.42. The zero-order valence-corrected chi connectivity index (χ0v) is 16.4. The van der Waals surface area contributed by atoms with Crippen molar-refractivity contribution in [2.75, 3.05) is 44.9 Å². The van der Waals surface area contributed by atoms with Crippen LogP contribution in [-0.2, 0) is 9.53 Å². The number of amides is 2. The first-order chi connectivity index (χ1) is 13.1. The maximum absolute atomic E-state index is 12.8. The molecule has 146 valence electrons. The van der Waals surface area contributed by atoms with Crippen LogP contribution in [0.1, 0.15) is 18.5 Å². The van der Waals surface area contributed by atoms with E-state index in [1.54, 1.807) is 14.0 Å². The van der Waals surface area contributed by atoms with Crippen LogP contribution < -0.4 is 15.4 Å². The molecule has 2 heterocycles. The molecule has 0 radical (unpaired) electrons. The van der Waals surface area contributed by atoms with Crippen molar-refractivity contribution in [1.82, 2.24) is 15.5 Å². The molecule has 0 aliphatic carbocycles. The van der Waals surface area contributed by atoms with E-state index in [0.717, 1.165) is 30.2 Å². The molecule has 0 spiro atoms.